The second-order valence-electron chi connectivity index (χ2n) is 10.7. The maximum Gasteiger partial charge on any atom is 0.125 e. The molecule has 31 heavy (non-hydrogen) atoms. The first-order chi connectivity index (χ1) is 15.1. The SMILES string of the molecule is Cc1nn(C)cc1-c1ccc(NCC2CC23CCN(CC2CC4C=CC2C4)CC3)nc1. The van der Waals surface area contributed by atoms with Gasteiger partial charge in [-0.05, 0) is 93.3 Å². The summed E-state index contributed by atoms with van der Waals surface area (Å²) in [5.41, 5.74) is 3.96. The fraction of sp³-hybridized carbons (Fsp3) is 0.615. The number of allylic oxidation sites excluding steroid dienone is 2. The van der Waals surface area contributed by atoms with Gasteiger partial charge in [0.15, 0.2) is 0 Å². The number of pyridine rings is 1. The minimum absolute atomic E-state index is 0.616. The lowest BCUT2D eigenvalue weighted by Crippen LogP contribution is -2.39. The molecular formula is C26H35N5. The fourth-order valence-corrected chi connectivity index (χ4v) is 6.72. The summed E-state index contributed by atoms with van der Waals surface area (Å²) in [6, 6.07) is 4.27. The van der Waals surface area contributed by atoms with Gasteiger partial charge in [-0.15, -0.1) is 0 Å². The Labute approximate surface area is 185 Å². The number of aromatic nitrogens is 3. The molecule has 0 radical (unpaired) electrons. The molecule has 4 atom stereocenters. The number of anilines is 1. The molecule has 1 N–H and O–H groups in total. The molecule has 2 bridgehead atoms. The Morgan fingerprint density at radius 3 is 2.68 bits per heavy atom. The molecule has 2 aromatic rings. The van der Waals surface area contributed by atoms with Crippen LogP contribution in [0.15, 0.2) is 36.7 Å². The van der Waals surface area contributed by atoms with Crippen LogP contribution < -0.4 is 5.32 Å². The van der Waals surface area contributed by atoms with Crippen molar-refractivity contribution in [2.24, 2.45) is 36.1 Å². The minimum Gasteiger partial charge on any atom is -0.370 e. The molecule has 1 saturated heterocycles. The van der Waals surface area contributed by atoms with Gasteiger partial charge in [0.25, 0.3) is 0 Å². The average molecular weight is 418 g/mol. The number of hydrogen-bond donors (Lipinski definition) is 1. The third kappa shape index (κ3) is 3.71. The Balaban J connectivity index is 0.977. The Morgan fingerprint density at radius 2 is 2.03 bits per heavy atom. The molecule has 6 rings (SSSR count). The van der Waals surface area contributed by atoms with Crippen molar-refractivity contribution in [2.45, 2.75) is 39.0 Å². The van der Waals surface area contributed by atoms with Crippen molar-refractivity contribution in [1.29, 1.82) is 0 Å². The molecule has 164 valence electrons. The van der Waals surface area contributed by atoms with Crippen LogP contribution in [0.2, 0.25) is 0 Å². The smallest absolute Gasteiger partial charge is 0.125 e. The van der Waals surface area contributed by atoms with Gasteiger partial charge in [-0.1, -0.05) is 12.2 Å². The summed E-state index contributed by atoms with van der Waals surface area (Å²) in [5, 5.41) is 8.05. The van der Waals surface area contributed by atoms with E-state index in [-0.39, 0.29) is 0 Å². The average Bonchev–Trinajstić information content (AvgIpc) is 3.11. The number of nitrogens with zero attached hydrogens (tertiary/aromatic N) is 4. The first-order valence-corrected chi connectivity index (χ1v) is 12.2. The third-order valence-corrected chi connectivity index (χ3v) is 8.74. The maximum atomic E-state index is 4.66. The summed E-state index contributed by atoms with van der Waals surface area (Å²) < 4.78 is 1.86. The molecule has 3 heterocycles. The molecule has 2 aromatic heterocycles. The van der Waals surface area contributed by atoms with Crippen LogP contribution in [0.4, 0.5) is 5.82 Å². The lowest BCUT2D eigenvalue weighted by atomic mass is 9.88. The van der Waals surface area contributed by atoms with Crippen LogP contribution in [-0.2, 0) is 7.05 Å². The standard InChI is InChI=1S/C26H35N5/c1-18-24(17-30(2)29-18)21-5-6-25(27-14-21)28-15-23-13-26(23)7-9-31(10-8-26)16-22-12-19-3-4-20(22)11-19/h3-6,14,17,19-20,22-23H,7-13,15-16H2,1-2H3,(H,27,28). The van der Waals surface area contributed by atoms with E-state index in [2.05, 4.69) is 50.8 Å². The van der Waals surface area contributed by atoms with Crippen molar-refractivity contribution >= 4 is 5.82 Å². The van der Waals surface area contributed by atoms with Crippen LogP contribution in [0.3, 0.4) is 0 Å². The van der Waals surface area contributed by atoms with Crippen molar-refractivity contribution in [2.75, 3.05) is 31.5 Å². The van der Waals surface area contributed by atoms with Gasteiger partial charge in [-0.2, -0.15) is 5.10 Å². The van der Waals surface area contributed by atoms with Gasteiger partial charge in [0.2, 0.25) is 0 Å². The zero-order valence-electron chi connectivity index (χ0n) is 18.9. The monoisotopic (exact) mass is 417 g/mol. The highest BCUT2D eigenvalue weighted by atomic mass is 15.2. The molecule has 3 aliphatic carbocycles. The van der Waals surface area contributed by atoms with Crippen LogP contribution in [-0.4, -0.2) is 45.8 Å². The van der Waals surface area contributed by atoms with E-state index in [4.69, 9.17) is 0 Å². The molecular weight excluding hydrogens is 382 g/mol. The second kappa shape index (κ2) is 7.47. The maximum absolute atomic E-state index is 4.66. The van der Waals surface area contributed by atoms with Crippen LogP contribution in [0.25, 0.3) is 11.1 Å². The molecule has 5 heteroatoms. The number of likely N-dealkylation sites (tertiary alicyclic amines) is 1. The predicted molar refractivity (Wildman–Crippen MR) is 125 cm³/mol. The molecule has 5 nitrogen and oxygen atoms in total. The summed E-state index contributed by atoms with van der Waals surface area (Å²) >= 11 is 0. The number of rotatable bonds is 6. The Hall–Kier alpha value is -2.14. The summed E-state index contributed by atoms with van der Waals surface area (Å²) in [7, 11) is 1.96. The second-order valence-corrected chi connectivity index (χ2v) is 10.7. The molecule has 3 fully saturated rings. The van der Waals surface area contributed by atoms with Crippen LogP contribution in [0.5, 0.6) is 0 Å². The highest BCUT2D eigenvalue weighted by molar-refractivity contribution is 5.65. The Kier molecular flexibility index (Phi) is 4.71. The third-order valence-electron chi connectivity index (χ3n) is 8.74. The number of nitrogens with one attached hydrogen (secondary N) is 1. The van der Waals surface area contributed by atoms with Gasteiger partial charge in [0, 0.05) is 43.7 Å². The summed E-state index contributed by atoms with van der Waals surface area (Å²) in [6.45, 7) is 7.08. The van der Waals surface area contributed by atoms with Gasteiger partial charge in [0.05, 0.1) is 5.69 Å². The van der Waals surface area contributed by atoms with Crippen molar-refractivity contribution in [3.05, 3.63) is 42.4 Å². The van der Waals surface area contributed by atoms with E-state index >= 15 is 0 Å². The molecule has 0 aromatic carbocycles. The van der Waals surface area contributed by atoms with Gasteiger partial charge in [-0.25, -0.2) is 4.98 Å². The lowest BCUT2D eigenvalue weighted by Gasteiger charge is -2.35. The van der Waals surface area contributed by atoms with Crippen LogP contribution in [0, 0.1) is 36.0 Å². The van der Waals surface area contributed by atoms with E-state index < -0.39 is 0 Å². The zero-order valence-corrected chi connectivity index (χ0v) is 18.9. The number of fused-ring (bicyclic) bond motifs is 2. The van der Waals surface area contributed by atoms with Crippen molar-refractivity contribution in [3.63, 3.8) is 0 Å². The largest absolute Gasteiger partial charge is 0.370 e. The van der Waals surface area contributed by atoms with Crippen molar-refractivity contribution < 1.29 is 0 Å². The molecule has 4 unspecified atom stereocenters. The highest BCUT2D eigenvalue weighted by Gasteiger charge is 2.54. The topological polar surface area (TPSA) is 46.0 Å². The van der Waals surface area contributed by atoms with E-state index in [9.17, 15) is 0 Å². The number of aryl methyl sites for hydroxylation is 2. The summed E-state index contributed by atoms with van der Waals surface area (Å²) in [6.07, 6.45) is 16.1. The quantitative estimate of drug-likeness (QED) is 0.702. The lowest BCUT2D eigenvalue weighted by molar-refractivity contribution is 0.136. The molecule has 2 saturated carbocycles. The number of piperidine rings is 1. The van der Waals surface area contributed by atoms with E-state index in [1.54, 1.807) is 0 Å². The highest BCUT2D eigenvalue weighted by Crippen LogP contribution is 2.59. The van der Waals surface area contributed by atoms with E-state index in [1.165, 1.54) is 51.7 Å². The molecule has 1 spiro atoms. The van der Waals surface area contributed by atoms with E-state index in [0.29, 0.717) is 5.41 Å². The molecule has 4 aliphatic rings. The van der Waals surface area contributed by atoms with Gasteiger partial charge >= 0.3 is 0 Å². The minimum atomic E-state index is 0.616. The predicted octanol–water partition coefficient (Wildman–Crippen LogP) is 4.52. The number of hydrogen-bond acceptors (Lipinski definition) is 4. The van der Waals surface area contributed by atoms with E-state index in [0.717, 1.165) is 52.9 Å². The zero-order chi connectivity index (χ0) is 21.0. The molecule has 1 aliphatic heterocycles. The van der Waals surface area contributed by atoms with Crippen LogP contribution >= 0.6 is 0 Å². The van der Waals surface area contributed by atoms with Crippen molar-refractivity contribution in [1.82, 2.24) is 19.7 Å². The Bertz CT molecular complexity index is 966. The first kappa shape index (κ1) is 19.5. The molecule has 0 amide bonds. The summed E-state index contributed by atoms with van der Waals surface area (Å²) in [4.78, 5) is 7.44. The van der Waals surface area contributed by atoms with Crippen molar-refractivity contribution in [3.8, 4) is 11.1 Å². The Morgan fingerprint density at radius 1 is 1.16 bits per heavy atom. The van der Waals surface area contributed by atoms with Gasteiger partial charge in [-0.3, -0.25) is 4.68 Å². The van der Waals surface area contributed by atoms with E-state index in [1.807, 2.05) is 24.9 Å². The fourth-order valence-electron chi connectivity index (χ4n) is 6.72. The van der Waals surface area contributed by atoms with Gasteiger partial charge in [0.1, 0.15) is 5.82 Å². The summed E-state index contributed by atoms with van der Waals surface area (Å²) in [5.74, 6) is 4.54. The normalized spacial score (nSPS) is 30.9. The van der Waals surface area contributed by atoms with Crippen LogP contribution in [0.1, 0.15) is 37.8 Å². The first-order valence-electron chi connectivity index (χ1n) is 12.2. The van der Waals surface area contributed by atoms with Gasteiger partial charge < -0.3 is 10.2 Å².